The third-order valence-corrected chi connectivity index (χ3v) is 3.62. The first-order valence-corrected chi connectivity index (χ1v) is 5.81. The molecule has 2 nitrogen and oxygen atoms in total. The number of hydrogen-bond acceptors (Lipinski definition) is 1. The molecule has 2 atom stereocenters. The van der Waals surface area contributed by atoms with Crippen LogP contribution in [0.15, 0.2) is 0 Å². The number of carbonyl (C=O) groups is 1. The van der Waals surface area contributed by atoms with Gasteiger partial charge in [-0.25, -0.2) is 0 Å². The Morgan fingerprint density at radius 1 is 1.43 bits per heavy atom. The monoisotopic (exact) mass is 197 g/mol. The van der Waals surface area contributed by atoms with Gasteiger partial charge in [-0.1, -0.05) is 13.8 Å². The van der Waals surface area contributed by atoms with Crippen LogP contribution in [0.5, 0.6) is 0 Å². The minimum atomic E-state index is 0.312. The van der Waals surface area contributed by atoms with Gasteiger partial charge in [0.2, 0.25) is 5.91 Å². The van der Waals surface area contributed by atoms with Crippen LogP contribution in [0.2, 0.25) is 0 Å². The van der Waals surface area contributed by atoms with Crippen molar-refractivity contribution in [2.45, 2.75) is 40.0 Å². The van der Waals surface area contributed by atoms with Crippen molar-refractivity contribution in [3.05, 3.63) is 0 Å². The summed E-state index contributed by atoms with van der Waals surface area (Å²) in [5.74, 6) is 2.18. The Bertz CT molecular complexity index is 200. The van der Waals surface area contributed by atoms with Gasteiger partial charge in [0.1, 0.15) is 0 Å². The van der Waals surface area contributed by atoms with E-state index < -0.39 is 0 Å². The lowest BCUT2D eigenvalue weighted by atomic mass is 9.93. The highest BCUT2D eigenvalue weighted by Gasteiger charge is 2.32. The Morgan fingerprint density at radius 2 is 2.07 bits per heavy atom. The molecule has 0 N–H and O–H groups in total. The van der Waals surface area contributed by atoms with Crippen molar-refractivity contribution in [3.8, 4) is 0 Å². The molecule has 0 aromatic rings. The number of hydrogen-bond donors (Lipinski definition) is 0. The van der Waals surface area contributed by atoms with Crippen molar-refractivity contribution < 1.29 is 4.79 Å². The average Bonchev–Trinajstić information content (AvgIpc) is 2.64. The van der Waals surface area contributed by atoms with E-state index in [0.29, 0.717) is 11.8 Å². The summed E-state index contributed by atoms with van der Waals surface area (Å²) >= 11 is 0. The first-order valence-electron chi connectivity index (χ1n) is 5.81. The second-order valence-electron chi connectivity index (χ2n) is 4.87. The van der Waals surface area contributed by atoms with Crippen molar-refractivity contribution in [1.82, 2.24) is 4.90 Å². The lowest BCUT2D eigenvalue weighted by Gasteiger charge is -2.20. The maximum absolute atomic E-state index is 11.9. The maximum atomic E-state index is 11.9. The number of carbonyl (C=O) groups excluding carboxylic acids is 1. The third kappa shape index (κ3) is 2.49. The van der Waals surface area contributed by atoms with E-state index in [4.69, 9.17) is 0 Å². The van der Waals surface area contributed by atoms with E-state index in [0.717, 1.165) is 31.2 Å². The van der Waals surface area contributed by atoms with Crippen LogP contribution in [0.25, 0.3) is 0 Å². The summed E-state index contributed by atoms with van der Waals surface area (Å²) in [6, 6.07) is 0. The van der Waals surface area contributed by atoms with Crippen LogP contribution in [0.1, 0.15) is 40.0 Å². The molecule has 14 heavy (non-hydrogen) atoms. The van der Waals surface area contributed by atoms with E-state index in [1.54, 1.807) is 0 Å². The number of nitrogens with zero attached hydrogens (tertiary/aromatic N) is 1. The zero-order chi connectivity index (χ0) is 10.7. The summed E-state index contributed by atoms with van der Waals surface area (Å²) in [5, 5.41) is 0. The molecule has 0 spiro atoms. The van der Waals surface area contributed by atoms with Crippen LogP contribution in [0.4, 0.5) is 0 Å². The van der Waals surface area contributed by atoms with Gasteiger partial charge in [0.05, 0.1) is 0 Å². The molecule has 1 fully saturated rings. The number of amides is 1. The smallest absolute Gasteiger partial charge is 0.225 e. The Labute approximate surface area is 87.7 Å². The molecule has 0 aliphatic heterocycles. The molecule has 0 saturated heterocycles. The molecule has 1 rings (SSSR count). The van der Waals surface area contributed by atoms with Crippen molar-refractivity contribution in [1.29, 1.82) is 0 Å². The summed E-state index contributed by atoms with van der Waals surface area (Å²) in [5.41, 5.74) is 0. The molecule has 1 aliphatic carbocycles. The molecule has 0 aromatic heterocycles. The lowest BCUT2D eigenvalue weighted by molar-refractivity contribution is -0.133. The molecule has 0 bridgehead atoms. The minimum Gasteiger partial charge on any atom is -0.346 e. The van der Waals surface area contributed by atoms with E-state index >= 15 is 0 Å². The zero-order valence-electron chi connectivity index (χ0n) is 9.92. The fourth-order valence-corrected chi connectivity index (χ4v) is 2.31. The predicted molar refractivity (Wildman–Crippen MR) is 59.0 cm³/mol. The first kappa shape index (κ1) is 11.5. The van der Waals surface area contributed by atoms with E-state index in [1.807, 2.05) is 18.9 Å². The van der Waals surface area contributed by atoms with Gasteiger partial charge in [-0.05, 0) is 38.0 Å². The van der Waals surface area contributed by atoms with E-state index in [-0.39, 0.29) is 0 Å². The average molecular weight is 197 g/mol. The summed E-state index contributed by atoms with van der Waals surface area (Å²) in [7, 11) is 1.91. The van der Waals surface area contributed by atoms with Crippen LogP contribution in [-0.2, 0) is 4.79 Å². The van der Waals surface area contributed by atoms with E-state index in [2.05, 4.69) is 13.8 Å². The third-order valence-electron chi connectivity index (χ3n) is 3.62. The minimum absolute atomic E-state index is 0.312. The van der Waals surface area contributed by atoms with Crippen LogP contribution in [-0.4, -0.2) is 24.4 Å². The summed E-state index contributed by atoms with van der Waals surface area (Å²) < 4.78 is 0. The topological polar surface area (TPSA) is 20.3 Å². The lowest BCUT2D eigenvalue weighted by Crippen LogP contribution is -2.31. The fraction of sp³-hybridized carbons (Fsp3) is 0.917. The Hall–Kier alpha value is -0.530. The molecule has 1 amide bonds. The molecule has 0 radical (unpaired) electrons. The van der Waals surface area contributed by atoms with Gasteiger partial charge >= 0.3 is 0 Å². The van der Waals surface area contributed by atoms with Crippen LogP contribution >= 0.6 is 0 Å². The fourth-order valence-electron chi connectivity index (χ4n) is 2.31. The Morgan fingerprint density at radius 3 is 2.50 bits per heavy atom. The van der Waals surface area contributed by atoms with Gasteiger partial charge in [0, 0.05) is 19.5 Å². The van der Waals surface area contributed by atoms with Gasteiger partial charge in [-0.3, -0.25) is 4.79 Å². The Kier molecular flexibility index (Phi) is 3.97. The molecule has 1 aliphatic rings. The van der Waals surface area contributed by atoms with Crippen molar-refractivity contribution in [2.24, 2.45) is 17.8 Å². The second kappa shape index (κ2) is 4.81. The molecule has 1 saturated carbocycles. The maximum Gasteiger partial charge on any atom is 0.225 e. The van der Waals surface area contributed by atoms with Crippen LogP contribution < -0.4 is 0 Å². The second-order valence-corrected chi connectivity index (χ2v) is 4.87. The Balaban J connectivity index is 2.45. The molecule has 0 heterocycles. The highest BCUT2D eigenvalue weighted by Crippen LogP contribution is 2.36. The highest BCUT2D eigenvalue weighted by atomic mass is 16.2. The van der Waals surface area contributed by atoms with Gasteiger partial charge in [-0.15, -0.1) is 0 Å². The normalized spacial score (nSPS) is 26.9. The van der Waals surface area contributed by atoms with Crippen LogP contribution in [0, 0.1) is 17.8 Å². The largest absolute Gasteiger partial charge is 0.346 e. The van der Waals surface area contributed by atoms with Gasteiger partial charge in [0.15, 0.2) is 0 Å². The molecule has 2 heteroatoms. The summed E-state index contributed by atoms with van der Waals surface area (Å²) in [4.78, 5) is 13.7. The van der Waals surface area contributed by atoms with E-state index in [1.165, 1.54) is 6.42 Å². The van der Waals surface area contributed by atoms with Gasteiger partial charge in [-0.2, -0.15) is 0 Å². The first-order chi connectivity index (χ1) is 6.56. The van der Waals surface area contributed by atoms with Crippen molar-refractivity contribution in [2.75, 3.05) is 13.6 Å². The molecular formula is C12H23NO. The van der Waals surface area contributed by atoms with Crippen LogP contribution in [0.3, 0.4) is 0 Å². The summed E-state index contributed by atoms with van der Waals surface area (Å²) in [6.07, 6.45) is 3.46. The predicted octanol–water partition coefficient (Wildman–Crippen LogP) is 2.54. The standard InChI is InChI=1S/C12H23NO/c1-5-13(4)12(14)11-7-6-10(8-11)9(2)3/h9-11H,5-8H2,1-4H3. The number of rotatable bonds is 3. The molecule has 82 valence electrons. The van der Waals surface area contributed by atoms with Crippen molar-refractivity contribution >= 4 is 5.91 Å². The molecule has 2 unspecified atom stereocenters. The molecular weight excluding hydrogens is 174 g/mol. The summed E-state index contributed by atoms with van der Waals surface area (Å²) in [6.45, 7) is 7.40. The van der Waals surface area contributed by atoms with E-state index in [9.17, 15) is 4.79 Å². The quantitative estimate of drug-likeness (QED) is 0.681. The van der Waals surface area contributed by atoms with Crippen molar-refractivity contribution in [3.63, 3.8) is 0 Å². The zero-order valence-corrected chi connectivity index (χ0v) is 9.92. The SMILES string of the molecule is CCN(C)C(=O)C1CCC(C(C)C)C1. The molecule has 0 aromatic carbocycles. The van der Waals surface area contributed by atoms with Gasteiger partial charge in [0.25, 0.3) is 0 Å². The van der Waals surface area contributed by atoms with Gasteiger partial charge < -0.3 is 4.90 Å². The highest BCUT2D eigenvalue weighted by molar-refractivity contribution is 5.78.